The first kappa shape index (κ1) is 33.7. The average Bonchev–Trinajstić information content (AvgIpc) is 3.11. The largest absolute Gasteiger partial charge is 0.382 e. The molecule has 4 aromatic carbocycles. The summed E-state index contributed by atoms with van der Waals surface area (Å²) in [5.41, 5.74) is 4.13. The molecule has 0 bridgehead atoms. The molecule has 5 rings (SSSR count). The van der Waals surface area contributed by atoms with Crippen molar-refractivity contribution in [2.75, 3.05) is 26.9 Å². The number of hydrogen-bond donors (Lipinski definition) is 0. The molecule has 0 radical (unpaired) electrons. The van der Waals surface area contributed by atoms with Crippen LogP contribution in [0.3, 0.4) is 0 Å². The summed E-state index contributed by atoms with van der Waals surface area (Å²) >= 11 is 0. The molecule has 1 fully saturated rings. The van der Waals surface area contributed by atoms with Gasteiger partial charge < -0.3 is 33.2 Å². The lowest BCUT2D eigenvalue weighted by Crippen LogP contribution is -2.67. The molecule has 1 aliphatic rings. The maximum atomic E-state index is 6.84. The van der Waals surface area contributed by atoms with Gasteiger partial charge in [-0.15, -0.1) is 0 Å². The van der Waals surface area contributed by atoms with Gasteiger partial charge in [0, 0.05) is 7.11 Å². The van der Waals surface area contributed by atoms with Gasteiger partial charge >= 0.3 is 0 Å². The highest BCUT2D eigenvalue weighted by molar-refractivity contribution is 5.17. The highest BCUT2D eigenvalue weighted by Crippen LogP contribution is 2.39. The molecule has 0 spiro atoms. The first-order valence-corrected chi connectivity index (χ1v) is 15.7. The Morgan fingerprint density at radius 1 is 0.609 bits per heavy atom. The van der Waals surface area contributed by atoms with E-state index in [0.717, 1.165) is 22.3 Å². The Balaban J connectivity index is 1.49. The van der Waals surface area contributed by atoms with E-state index >= 15 is 0 Å². The monoisotopic (exact) mass is 624 g/mol. The van der Waals surface area contributed by atoms with Gasteiger partial charge in [0.05, 0.1) is 46.2 Å². The summed E-state index contributed by atoms with van der Waals surface area (Å²) in [6, 6.07) is 40.2. The second-order valence-electron chi connectivity index (χ2n) is 11.2. The van der Waals surface area contributed by atoms with Crippen LogP contribution in [0, 0.1) is 0 Å². The van der Waals surface area contributed by atoms with Crippen LogP contribution in [0.2, 0.25) is 0 Å². The van der Waals surface area contributed by atoms with E-state index in [1.54, 1.807) is 13.2 Å². The third-order valence-electron chi connectivity index (χ3n) is 7.86. The molecule has 7 nitrogen and oxygen atoms in total. The molecule has 7 heteroatoms. The van der Waals surface area contributed by atoms with Gasteiger partial charge in [-0.2, -0.15) is 0 Å². The summed E-state index contributed by atoms with van der Waals surface area (Å²) in [6.07, 6.45) is -0.844. The Morgan fingerprint density at radius 3 is 1.54 bits per heavy atom. The predicted molar refractivity (Wildman–Crippen MR) is 177 cm³/mol. The fraction of sp³-hybridized carbons (Fsp3) is 0.333. The van der Waals surface area contributed by atoms with E-state index in [2.05, 4.69) is 6.58 Å². The topological polar surface area (TPSA) is 64.6 Å². The average molecular weight is 625 g/mol. The Kier molecular flexibility index (Phi) is 13.1. The lowest BCUT2D eigenvalue weighted by Gasteiger charge is -2.51. The second-order valence-corrected chi connectivity index (χ2v) is 11.2. The molecule has 242 valence electrons. The maximum Gasteiger partial charge on any atom is 0.217 e. The molecular weight excluding hydrogens is 580 g/mol. The molecule has 4 aromatic rings. The van der Waals surface area contributed by atoms with Crippen LogP contribution in [0.1, 0.15) is 22.3 Å². The van der Waals surface area contributed by atoms with Gasteiger partial charge in [0.15, 0.2) is 0 Å². The zero-order chi connectivity index (χ0) is 31.9. The highest BCUT2D eigenvalue weighted by Gasteiger charge is 2.56. The van der Waals surface area contributed by atoms with Crippen LogP contribution in [0.4, 0.5) is 0 Å². The molecule has 0 saturated carbocycles. The van der Waals surface area contributed by atoms with Crippen LogP contribution in [0.15, 0.2) is 134 Å². The molecule has 46 heavy (non-hydrogen) atoms. The summed E-state index contributed by atoms with van der Waals surface area (Å²) in [6.45, 7) is 6.44. The molecule has 1 aliphatic heterocycles. The van der Waals surface area contributed by atoms with Gasteiger partial charge in [0.25, 0.3) is 0 Å². The third kappa shape index (κ3) is 9.44. The lowest BCUT2D eigenvalue weighted by molar-refractivity contribution is -0.364. The van der Waals surface area contributed by atoms with Gasteiger partial charge in [-0.25, -0.2) is 0 Å². The minimum absolute atomic E-state index is 0.230. The van der Waals surface area contributed by atoms with Crippen molar-refractivity contribution in [2.45, 2.75) is 56.6 Å². The molecule has 0 aliphatic carbocycles. The maximum absolute atomic E-state index is 6.84. The van der Waals surface area contributed by atoms with E-state index in [-0.39, 0.29) is 13.2 Å². The second kappa shape index (κ2) is 17.9. The van der Waals surface area contributed by atoms with Gasteiger partial charge in [0.1, 0.15) is 24.4 Å². The van der Waals surface area contributed by atoms with Crippen molar-refractivity contribution in [3.63, 3.8) is 0 Å². The summed E-state index contributed by atoms with van der Waals surface area (Å²) in [4.78, 5) is 0. The summed E-state index contributed by atoms with van der Waals surface area (Å²) in [7, 11) is 1.63. The van der Waals surface area contributed by atoms with Crippen LogP contribution in [0.5, 0.6) is 0 Å². The number of methoxy groups -OCH3 is 1. The summed E-state index contributed by atoms with van der Waals surface area (Å²) in [5, 5.41) is 0. The molecular formula is C39H44O7. The minimum Gasteiger partial charge on any atom is -0.382 e. The predicted octanol–water partition coefficient (Wildman–Crippen LogP) is 6.90. The lowest BCUT2D eigenvalue weighted by atomic mass is 9.91. The number of hydrogen-bond acceptors (Lipinski definition) is 7. The van der Waals surface area contributed by atoms with E-state index in [4.69, 9.17) is 33.2 Å². The van der Waals surface area contributed by atoms with Gasteiger partial charge in [0.2, 0.25) is 5.79 Å². The number of benzene rings is 4. The zero-order valence-electron chi connectivity index (χ0n) is 26.4. The Hall–Kier alpha value is -3.66. The first-order chi connectivity index (χ1) is 22.7. The smallest absolute Gasteiger partial charge is 0.217 e. The van der Waals surface area contributed by atoms with Crippen molar-refractivity contribution in [3.05, 3.63) is 156 Å². The van der Waals surface area contributed by atoms with E-state index < -0.39 is 30.2 Å². The van der Waals surface area contributed by atoms with Crippen molar-refractivity contribution in [1.29, 1.82) is 0 Å². The highest BCUT2D eigenvalue weighted by atomic mass is 16.7. The third-order valence-corrected chi connectivity index (χ3v) is 7.86. The Morgan fingerprint density at radius 2 is 1.07 bits per heavy atom. The SMILES string of the molecule is C=C[C@]1(OCCOC)O[C@H](COCc2ccccc2)[C@H](OCc2ccccc2)[C@H](OCc2ccccc2)[C@H]1OCc1ccccc1. The Labute approximate surface area is 272 Å². The van der Waals surface area contributed by atoms with Crippen molar-refractivity contribution in [2.24, 2.45) is 0 Å². The van der Waals surface area contributed by atoms with Crippen molar-refractivity contribution >= 4 is 0 Å². The quantitative estimate of drug-likeness (QED) is 0.0881. The fourth-order valence-corrected chi connectivity index (χ4v) is 5.49. The van der Waals surface area contributed by atoms with Gasteiger partial charge in [-0.05, 0) is 28.3 Å². The number of rotatable bonds is 18. The van der Waals surface area contributed by atoms with Crippen LogP contribution in [-0.2, 0) is 59.6 Å². The van der Waals surface area contributed by atoms with E-state index in [1.165, 1.54) is 0 Å². The molecule has 0 amide bonds. The molecule has 0 aromatic heterocycles. The molecule has 1 heterocycles. The molecule has 5 atom stereocenters. The van der Waals surface area contributed by atoms with Crippen LogP contribution >= 0.6 is 0 Å². The van der Waals surface area contributed by atoms with Gasteiger partial charge in [-0.3, -0.25) is 0 Å². The number of ether oxygens (including phenoxy) is 7. The van der Waals surface area contributed by atoms with Crippen LogP contribution < -0.4 is 0 Å². The molecule has 0 unspecified atom stereocenters. The van der Waals surface area contributed by atoms with Crippen molar-refractivity contribution in [3.8, 4) is 0 Å². The van der Waals surface area contributed by atoms with Gasteiger partial charge in [-0.1, -0.05) is 128 Å². The van der Waals surface area contributed by atoms with E-state index in [1.807, 2.05) is 121 Å². The van der Waals surface area contributed by atoms with Crippen LogP contribution in [-0.4, -0.2) is 57.1 Å². The van der Waals surface area contributed by atoms with Crippen molar-refractivity contribution in [1.82, 2.24) is 0 Å². The molecule has 1 saturated heterocycles. The summed E-state index contributed by atoms with van der Waals surface area (Å²) < 4.78 is 45.1. The van der Waals surface area contributed by atoms with Crippen LogP contribution in [0.25, 0.3) is 0 Å². The van der Waals surface area contributed by atoms with E-state index in [0.29, 0.717) is 33.0 Å². The summed E-state index contributed by atoms with van der Waals surface area (Å²) in [5.74, 6) is -1.37. The van der Waals surface area contributed by atoms with E-state index in [9.17, 15) is 0 Å². The van der Waals surface area contributed by atoms with Crippen molar-refractivity contribution < 1.29 is 33.2 Å². The normalized spacial score (nSPS) is 22.8. The zero-order valence-corrected chi connectivity index (χ0v) is 26.4. The fourth-order valence-electron chi connectivity index (χ4n) is 5.49. The standard InChI is InChI=1S/C39H44O7/c1-3-39(45-25-24-40-2)38(44-29-34-22-14-7-15-23-34)37(43-28-33-20-12-6-13-21-33)36(42-27-32-18-10-5-11-19-32)35(46-39)30-41-26-31-16-8-4-9-17-31/h3-23,35-38H,1,24-30H2,2H3/t35-,36+,37+,38-,39+/m1/s1. The molecule has 0 N–H and O–H groups in total. The minimum atomic E-state index is -1.37. The first-order valence-electron chi connectivity index (χ1n) is 15.7. The Bertz CT molecular complexity index is 1400.